The van der Waals surface area contributed by atoms with Gasteiger partial charge in [0.25, 0.3) is 0 Å². The highest BCUT2D eigenvalue weighted by Crippen LogP contribution is 2.30. The molecule has 0 aromatic heterocycles. The molecule has 0 heterocycles. The maximum Gasteiger partial charge on any atom is 0.315 e. The third kappa shape index (κ3) is 4.57. The van der Waals surface area contributed by atoms with E-state index in [0.29, 0.717) is 6.54 Å². The van der Waals surface area contributed by atoms with Gasteiger partial charge in [-0.15, -0.1) is 0 Å². The fraction of sp³-hybridized carbons (Fsp3) is 0.350. The molecule has 1 aliphatic carbocycles. The third-order valence-electron chi connectivity index (χ3n) is 4.63. The monoisotopic (exact) mass is 342 g/mol. The summed E-state index contributed by atoms with van der Waals surface area (Å²) in [5, 5.41) is 14.8. The first kappa shape index (κ1) is 17.4. The number of amides is 2. The van der Waals surface area contributed by atoms with E-state index in [1.807, 2.05) is 30.3 Å². The molecule has 132 valence electrons. The summed E-state index contributed by atoms with van der Waals surface area (Å²) in [6, 6.07) is 12.1. The van der Waals surface area contributed by atoms with Crippen LogP contribution < -0.4 is 10.6 Å². The molecule has 0 spiro atoms. The zero-order valence-corrected chi connectivity index (χ0v) is 14.1. The van der Waals surface area contributed by atoms with Crippen molar-refractivity contribution in [1.82, 2.24) is 10.6 Å². The van der Waals surface area contributed by atoms with E-state index in [1.165, 1.54) is 12.1 Å². The molecule has 0 aliphatic heterocycles. The molecule has 25 heavy (non-hydrogen) atoms. The van der Waals surface area contributed by atoms with Crippen LogP contribution in [0.2, 0.25) is 0 Å². The van der Waals surface area contributed by atoms with Gasteiger partial charge >= 0.3 is 6.03 Å². The maximum atomic E-state index is 13.5. The van der Waals surface area contributed by atoms with Crippen molar-refractivity contribution in [3.8, 4) is 0 Å². The van der Waals surface area contributed by atoms with Gasteiger partial charge in [-0.3, -0.25) is 0 Å². The molecule has 3 rings (SSSR count). The molecule has 2 aromatic rings. The summed E-state index contributed by atoms with van der Waals surface area (Å²) in [6.07, 6.45) is 3.46. The normalized spacial score (nSPS) is 16.2. The second-order valence-electron chi connectivity index (χ2n) is 6.41. The molecule has 1 unspecified atom stereocenters. The van der Waals surface area contributed by atoms with Crippen molar-refractivity contribution in [2.45, 2.75) is 38.3 Å². The predicted octanol–water partition coefficient (Wildman–Crippen LogP) is 3.24. The van der Waals surface area contributed by atoms with E-state index >= 15 is 0 Å². The number of aliphatic hydroxyl groups excluding tert-OH is 1. The third-order valence-corrected chi connectivity index (χ3v) is 4.63. The van der Waals surface area contributed by atoms with Gasteiger partial charge in [0, 0.05) is 6.54 Å². The Bertz CT molecular complexity index is 731. The van der Waals surface area contributed by atoms with Crippen LogP contribution in [0, 0.1) is 5.82 Å². The van der Waals surface area contributed by atoms with Gasteiger partial charge in [-0.1, -0.05) is 30.3 Å². The highest BCUT2D eigenvalue weighted by atomic mass is 19.1. The lowest BCUT2D eigenvalue weighted by Gasteiger charge is -2.26. The second-order valence-corrected chi connectivity index (χ2v) is 6.41. The van der Waals surface area contributed by atoms with Crippen LogP contribution in [0.3, 0.4) is 0 Å². The Balaban J connectivity index is 1.50. The Kier molecular flexibility index (Phi) is 5.66. The van der Waals surface area contributed by atoms with Crippen LogP contribution in [-0.4, -0.2) is 17.7 Å². The Morgan fingerprint density at radius 3 is 2.68 bits per heavy atom. The summed E-state index contributed by atoms with van der Waals surface area (Å²) in [5.41, 5.74) is 3.98. The van der Waals surface area contributed by atoms with Crippen LogP contribution in [-0.2, 0) is 19.4 Å². The van der Waals surface area contributed by atoms with Crippen molar-refractivity contribution >= 4 is 6.03 Å². The second kappa shape index (κ2) is 8.12. The number of hydrogen-bond acceptors (Lipinski definition) is 2. The number of hydrogen-bond donors (Lipinski definition) is 3. The predicted molar refractivity (Wildman–Crippen MR) is 94.7 cm³/mol. The first-order valence-corrected chi connectivity index (χ1v) is 8.67. The van der Waals surface area contributed by atoms with Gasteiger partial charge in [0.05, 0.1) is 12.6 Å². The standard InChI is InChI=1S/C20H23FN2O2/c21-17-9-8-16-2-1-3-19(18(16)12-17)23-20(25)22-11-10-14-4-6-15(13-24)7-5-14/h4-9,12,19,24H,1-3,10-11,13H2,(H2,22,23,25). The van der Waals surface area contributed by atoms with Crippen LogP contribution >= 0.6 is 0 Å². The number of carbonyl (C=O) groups excluding carboxylic acids is 1. The molecule has 0 bridgehead atoms. The van der Waals surface area contributed by atoms with Crippen LogP contribution in [0.25, 0.3) is 0 Å². The SMILES string of the molecule is O=C(NCCc1ccc(CO)cc1)NC1CCCc2ccc(F)cc21. The molecule has 2 amide bonds. The molecule has 2 aromatic carbocycles. The lowest BCUT2D eigenvalue weighted by molar-refractivity contribution is 0.235. The van der Waals surface area contributed by atoms with E-state index < -0.39 is 0 Å². The molecule has 0 fully saturated rings. The number of urea groups is 1. The fourth-order valence-corrected chi connectivity index (χ4v) is 3.26. The van der Waals surface area contributed by atoms with Crippen molar-refractivity contribution < 1.29 is 14.3 Å². The van der Waals surface area contributed by atoms with E-state index in [1.54, 1.807) is 0 Å². The van der Waals surface area contributed by atoms with E-state index in [2.05, 4.69) is 10.6 Å². The number of carbonyl (C=O) groups is 1. The van der Waals surface area contributed by atoms with E-state index in [4.69, 9.17) is 5.11 Å². The molecular weight excluding hydrogens is 319 g/mol. The zero-order valence-electron chi connectivity index (χ0n) is 14.1. The van der Waals surface area contributed by atoms with Crippen molar-refractivity contribution in [2.24, 2.45) is 0 Å². The van der Waals surface area contributed by atoms with Crippen LogP contribution in [0.1, 0.15) is 41.1 Å². The summed E-state index contributed by atoms with van der Waals surface area (Å²) in [6.45, 7) is 0.553. The summed E-state index contributed by atoms with van der Waals surface area (Å²) in [5.74, 6) is -0.265. The highest BCUT2D eigenvalue weighted by molar-refractivity contribution is 5.74. The van der Waals surface area contributed by atoms with E-state index in [9.17, 15) is 9.18 Å². The average molecular weight is 342 g/mol. The molecule has 0 radical (unpaired) electrons. The number of halogens is 1. The lowest BCUT2D eigenvalue weighted by Crippen LogP contribution is -2.39. The smallest absolute Gasteiger partial charge is 0.315 e. The molecular formula is C20H23FN2O2. The van der Waals surface area contributed by atoms with Gasteiger partial charge in [0.1, 0.15) is 5.82 Å². The molecule has 4 nitrogen and oxygen atoms in total. The molecule has 3 N–H and O–H groups in total. The minimum atomic E-state index is -0.265. The number of aryl methyl sites for hydroxylation is 1. The van der Waals surface area contributed by atoms with E-state index in [-0.39, 0.29) is 24.5 Å². The molecule has 1 aliphatic rings. The molecule has 0 saturated carbocycles. The van der Waals surface area contributed by atoms with Gasteiger partial charge < -0.3 is 15.7 Å². The van der Waals surface area contributed by atoms with Crippen LogP contribution in [0.15, 0.2) is 42.5 Å². The maximum absolute atomic E-state index is 13.5. The average Bonchev–Trinajstić information content (AvgIpc) is 2.63. The summed E-state index contributed by atoms with van der Waals surface area (Å²) in [7, 11) is 0. The topological polar surface area (TPSA) is 61.4 Å². The Morgan fingerprint density at radius 1 is 1.16 bits per heavy atom. The minimum absolute atomic E-state index is 0.0321. The number of aliphatic hydroxyl groups is 1. The first-order chi connectivity index (χ1) is 12.2. The van der Waals surface area contributed by atoms with Crippen LogP contribution in [0.5, 0.6) is 0 Å². The molecule has 5 heteroatoms. The number of nitrogens with one attached hydrogen (secondary N) is 2. The summed E-state index contributed by atoms with van der Waals surface area (Å²) >= 11 is 0. The zero-order chi connectivity index (χ0) is 17.6. The lowest BCUT2D eigenvalue weighted by atomic mass is 9.87. The van der Waals surface area contributed by atoms with Crippen molar-refractivity contribution in [3.63, 3.8) is 0 Å². The van der Waals surface area contributed by atoms with Crippen molar-refractivity contribution in [1.29, 1.82) is 0 Å². The Morgan fingerprint density at radius 2 is 1.92 bits per heavy atom. The van der Waals surface area contributed by atoms with E-state index in [0.717, 1.165) is 47.9 Å². The quantitative estimate of drug-likeness (QED) is 0.781. The van der Waals surface area contributed by atoms with Gasteiger partial charge in [-0.05, 0) is 60.1 Å². The van der Waals surface area contributed by atoms with Crippen molar-refractivity contribution in [3.05, 3.63) is 70.5 Å². The van der Waals surface area contributed by atoms with Crippen LogP contribution in [0.4, 0.5) is 9.18 Å². The van der Waals surface area contributed by atoms with Gasteiger partial charge in [0.2, 0.25) is 0 Å². The Hall–Kier alpha value is -2.40. The number of benzene rings is 2. The highest BCUT2D eigenvalue weighted by Gasteiger charge is 2.22. The Labute approximate surface area is 147 Å². The molecule has 1 atom stereocenters. The van der Waals surface area contributed by atoms with Gasteiger partial charge in [0.15, 0.2) is 0 Å². The largest absolute Gasteiger partial charge is 0.392 e. The number of rotatable bonds is 5. The minimum Gasteiger partial charge on any atom is -0.392 e. The fourth-order valence-electron chi connectivity index (χ4n) is 3.26. The number of fused-ring (bicyclic) bond motifs is 1. The van der Waals surface area contributed by atoms with Gasteiger partial charge in [-0.25, -0.2) is 9.18 Å². The van der Waals surface area contributed by atoms with Gasteiger partial charge in [-0.2, -0.15) is 0 Å². The van der Waals surface area contributed by atoms with Crippen molar-refractivity contribution in [2.75, 3.05) is 6.54 Å². The first-order valence-electron chi connectivity index (χ1n) is 8.67. The summed E-state index contributed by atoms with van der Waals surface area (Å²) in [4.78, 5) is 12.1. The summed E-state index contributed by atoms with van der Waals surface area (Å²) < 4.78 is 13.5. The molecule has 0 saturated heterocycles.